The first kappa shape index (κ1) is 17.2. The van der Waals surface area contributed by atoms with Crippen LogP contribution in [0.2, 0.25) is 0 Å². The lowest BCUT2D eigenvalue weighted by molar-refractivity contribution is -0.136. The molecule has 1 amide bonds. The summed E-state index contributed by atoms with van der Waals surface area (Å²) in [4.78, 5) is 18.2. The first-order valence-electron chi connectivity index (χ1n) is 8.54. The number of carbonyl (C=O) groups excluding carboxylic acids is 1. The highest BCUT2D eigenvalue weighted by molar-refractivity contribution is 5.94. The molecule has 0 saturated heterocycles. The molecule has 0 aliphatic rings. The van der Waals surface area contributed by atoms with Crippen molar-refractivity contribution in [3.63, 3.8) is 0 Å². The predicted molar refractivity (Wildman–Crippen MR) is 98.8 cm³/mol. The molecule has 0 aliphatic carbocycles. The number of halogens is 1. The smallest absolute Gasteiger partial charge is 0.233 e. The summed E-state index contributed by atoms with van der Waals surface area (Å²) in [5.41, 5.74) is 2.00. The first-order valence-corrected chi connectivity index (χ1v) is 8.54. The third kappa shape index (κ3) is 3.29. The van der Waals surface area contributed by atoms with Gasteiger partial charge in [0.25, 0.3) is 0 Å². The number of hydrogen-bond donors (Lipinski definition) is 1. The largest absolute Gasteiger partial charge is 0.361 e. The van der Waals surface area contributed by atoms with Gasteiger partial charge in [0.05, 0.1) is 5.41 Å². The van der Waals surface area contributed by atoms with E-state index in [-0.39, 0.29) is 11.7 Å². The van der Waals surface area contributed by atoms with Gasteiger partial charge in [-0.3, -0.25) is 4.79 Å². The summed E-state index contributed by atoms with van der Waals surface area (Å²) in [7, 11) is 0. The molecule has 3 nitrogen and oxygen atoms in total. The summed E-state index contributed by atoms with van der Waals surface area (Å²) in [6.45, 7) is 6.96. The fourth-order valence-corrected chi connectivity index (χ4v) is 3.25. The molecular formula is C21H23FN2O. The number of fused-ring (bicyclic) bond motifs is 1. The number of H-pyrrole nitrogens is 1. The van der Waals surface area contributed by atoms with Crippen molar-refractivity contribution in [1.82, 2.24) is 9.88 Å². The molecule has 0 bridgehead atoms. The molecule has 0 fully saturated rings. The fraction of sp³-hybridized carbons (Fsp3) is 0.286. The van der Waals surface area contributed by atoms with Crippen molar-refractivity contribution >= 4 is 16.8 Å². The van der Waals surface area contributed by atoms with Crippen molar-refractivity contribution in [1.29, 1.82) is 0 Å². The standard InChI is InChI=1S/C21H23FN2O/c1-4-24(14-15-8-6-5-7-9-15)20(25)21(2,3)18-13-23-19-11-10-16(22)12-17(18)19/h5-13,23H,4,14H2,1-3H3. The maximum absolute atomic E-state index is 13.7. The minimum Gasteiger partial charge on any atom is -0.361 e. The van der Waals surface area contributed by atoms with Crippen LogP contribution in [0.5, 0.6) is 0 Å². The Morgan fingerprint density at radius 1 is 1.16 bits per heavy atom. The van der Waals surface area contributed by atoms with Crippen LogP contribution in [0.15, 0.2) is 54.7 Å². The zero-order valence-electron chi connectivity index (χ0n) is 14.8. The van der Waals surface area contributed by atoms with E-state index in [9.17, 15) is 9.18 Å². The molecule has 0 atom stereocenters. The number of hydrogen-bond acceptors (Lipinski definition) is 1. The number of nitrogens with zero attached hydrogens (tertiary/aromatic N) is 1. The summed E-state index contributed by atoms with van der Waals surface area (Å²) < 4.78 is 13.7. The molecule has 1 aromatic heterocycles. The highest BCUT2D eigenvalue weighted by Crippen LogP contribution is 2.33. The van der Waals surface area contributed by atoms with Gasteiger partial charge >= 0.3 is 0 Å². The van der Waals surface area contributed by atoms with E-state index in [0.717, 1.165) is 22.0 Å². The lowest BCUT2D eigenvalue weighted by atomic mass is 9.82. The van der Waals surface area contributed by atoms with Gasteiger partial charge in [-0.1, -0.05) is 30.3 Å². The molecule has 25 heavy (non-hydrogen) atoms. The Hall–Kier alpha value is -2.62. The number of aromatic nitrogens is 1. The zero-order chi connectivity index (χ0) is 18.0. The van der Waals surface area contributed by atoms with Crippen LogP contribution >= 0.6 is 0 Å². The minimum atomic E-state index is -0.753. The quantitative estimate of drug-likeness (QED) is 0.723. The molecule has 4 heteroatoms. The van der Waals surface area contributed by atoms with Gasteiger partial charge in [-0.05, 0) is 50.1 Å². The van der Waals surface area contributed by atoms with Gasteiger partial charge in [0.15, 0.2) is 0 Å². The lowest BCUT2D eigenvalue weighted by Gasteiger charge is -2.31. The fourth-order valence-electron chi connectivity index (χ4n) is 3.25. The van der Waals surface area contributed by atoms with Gasteiger partial charge in [-0.25, -0.2) is 4.39 Å². The third-order valence-electron chi connectivity index (χ3n) is 4.74. The molecular weight excluding hydrogens is 315 g/mol. The lowest BCUT2D eigenvalue weighted by Crippen LogP contribution is -2.43. The van der Waals surface area contributed by atoms with Crippen molar-refractivity contribution in [3.05, 3.63) is 71.7 Å². The molecule has 3 aromatic rings. The van der Waals surface area contributed by atoms with E-state index < -0.39 is 5.41 Å². The summed E-state index contributed by atoms with van der Waals surface area (Å²) in [6, 6.07) is 14.6. The van der Waals surface area contributed by atoms with Crippen LogP contribution in [0.4, 0.5) is 4.39 Å². The van der Waals surface area contributed by atoms with E-state index >= 15 is 0 Å². The number of aromatic amines is 1. The van der Waals surface area contributed by atoms with E-state index in [2.05, 4.69) is 4.98 Å². The molecule has 0 radical (unpaired) electrons. The van der Waals surface area contributed by atoms with E-state index in [1.807, 2.05) is 62.2 Å². The summed E-state index contributed by atoms with van der Waals surface area (Å²) in [5, 5.41) is 0.758. The van der Waals surface area contributed by atoms with Crippen LogP contribution in [0.25, 0.3) is 10.9 Å². The molecule has 1 heterocycles. The Labute approximate surface area is 147 Å². The van der Waals surface area contributed by atoms with Gasteiger partial charge < -0.3 is 9.88 Å². The van der Waals surface area contributed by atoms with Crippen molar-refractivity contribution in [2.75, 3.05) is 6.54 Å². The number of rotatable bonds is 5. The summed E-state index contributed by atoms with van der Waals surface area (Å²) in [5.74, 6) is -0.266. The monoisotopic (exact) mass is 338 g/mol. The zero-order valence-corrected chi connectivity index (χ0v) is 14.8. The van der Waals surface area contributed by atoms with Crippen LogP contribution in [0.1, 0.15) is 31.9 Å². The Kier molecular flexibility index (Phi) is 4.62. The van der Waals surface area contributed by atoms with Crippen molar-refractivity contribution in [2.24, 2.45) is 0 Å². The second kappa shape index (κ2) is 6.71. The third-order valence-corrected chi connectivity index (χ3v) is 4.74. The number of nitrogens with one attached hydrogen (secondary N) is 1. The molecule has 130 valence electrons. The van der Waals surface area contributed by atoms with E-state index in [4.69, 9.17) is 0 Å². The SMILES string of the molecule is CCN(Cc1ccccc1)C(=O)C(C)(C)c1c[nH]c2ccc(F)cc12. The van der Waals surface area contributed by atoms with Gasteiger partial charge in [-0.2, -0.15) is 0 Å². The molecule has 0 aliphatic heterocycles. The van der Waals surface area contributed by atoms with Gasteiger partial charge in [-0.15, -0.1) is 0 Å². The molecule has 3 rings (SSSR count). The van der Waals surface area contributed by atoms with Gasteiger partial charge in [0.2, 0.25) is 5.91 Å². The van der Waals surface area contributed by atoms with Crippen LogP contribution in [-0.4, -0.2) is 22.3 Å². The van der Waals surface area contributed by atoms with Crippen molar-refractivity contribution < 1.29 is 9.18 Å². The number of likely N-dealkylation sites (N-methyl/N-ethyl adjacent to an activating group) is 1. The molecule has 0 spiro atoms. The van der Waals surface area contributed by atoms with E-state index in [0.29, 0.717) is 13.1 Å². The average Bonchev–Trinajstić information content (AvgIpc) is 3.03. The highest BCUT2D eigenvalue weighted by Gasteiger charge is 2.35. The Morgan fingerprint density at radius 3 is 2.56 bits per heavy atom. The van der Waals surface area contributed by atoms with Gasteiger partial charge in [0, 0.05) is 30.2 Å². The van der Waals surface area contributed by atoms with Crippen LogP contribution in [0.3, 0.4) is 0 Å². The Balaban J connectivity index is 1.93. The topological polar surface area (TPSA) is 36.1 Å². The Bertz CT molecular complexity index is 883. The maximum Gasteiger partial charge on any atom is 0.233 e. The number of amides is 1. The average molecular weight is 338 g/mol. The van der Waals surface area contributed by atoms with Crippen molar-refractivity contribution in [2.45, 2.75) is 32.7 Å². The van der Waals surface area contributed by atoms with Crippen molar-refractivity contribution in [3.8, 4) is 0 Å². The predicted octanol–water partition coefficient (Wildman–Crippen LogP) is 4.63. The highest BCUT2D eigenvalue weighted by atomic mass is 19.1. The summed E-state index contributed by atoms with van der Waals surface area (Å²) >= 11 is 0. The summed E-state index contributed by atoms with van der Waals surface area (Å²) in [6.07, 6.45) is 1.82. The van der Waals surface area contributed by atoms with Crippen LogP contribution in [-0.2, 0) is 16.8 Å². The van der Waals surface area contributed by atoms with E-state index in [1.165, 1.54) is 12.1 Å². The maximum atomic E-state index is 13.7. The molecule has 0 saturated carbocycles. The Morgan fingerprint density at radius 2 is 1.88 bits per heavy atom. The van der Waals surface area contributed by atoms with Crippen LogP contribution < -0.4 is 0 Å². The number of benzene rings is 2. The van der Waals surface area contributed by atoms with E-state index in [1.54, 1.807) is 6.07 Å². The number of carbonyl (C=O) groups is 1. The first-order chi connectivity index (χ1) is 11.9. The normalized spacial score (nSPS) is 11.7. The van der Waals surface area contributed by atoms with Crippen LogP contribution in [0, 0.1) is 5.82 Å². The second-order valence-electron chi connectivity index (χ2n) is 6.82. The molecule has 1 N–H and O–H groups in total. The molecule has 0 unspecified atom stereocenters. The molecule has 2 aromatic carbocycles. The minimum absolute atomic E-state index is 0.0315. The van der Waals surface area contributed by atoms with Gasteiger partial charge in [0.1, 0.15) is 5.82 Å². The second-order valence-corrected chi connectivity index (χ2v) is 6.82.